The Hall–Kier alpha value is -0.570. The van der Waals surface area contributed by atoms with Crippen LogP contribution in [0.15, 0.2) is 0 Å². The molecule has 1 amide bonds. The number of hydrogen-bond donors (Lipinski definition) is 1. The van der Waals surface area contributed by atoms with E-state index in [9.17, 15) is 4.79 Å². The lowest BCUT2D eigenvalue weighted by Gasteiger charge is -2.37. The molecule has 2 rings (SSSR count). The van der Waals surface area contributed by atoms with Gasteiger partial charge in [-0.15, -0.1) is 0 Å². The Balaban J connectivity index is 1.98. The molecule has 0 bridgehead atoms. The maximum Gasteiger partial charge on any atom is 0.224 e. The largest absolute Gasteiger partial charge is 0.339 e. The van der Waals surface area contributed by atoms with Crippen molar-refractivity contribution in [1.82, 2.24) is 10.2 Å². The summed E-state index contributed by atoms with van der Waals surface area (Å²) in [6.45, 7) is 5.10. The van der Waals surface area contributed by atoms with Gasteiger partial charge in [-0.2, -0.15) is 0 Å². The summed E-state index contributed by atoms with van der Waals surface area (Å²) in [5, 5.41) is 3.34. The highest BCUT2D eigenvalue weighted by Crippen LogP contribution is 2.24. The first-order valence-electron chi connectivity index (χ1n) is 6.77. The number of hydrogen-bond acceptors (Lipinski definition) is 2. The third-order valence-electron chi connectivity index (χ3n) is 3.85. The van der Waals surface area contributed by atoms with Crippen molar-refractivity contribution in [2.24, 2.45) is 5.92 Å². The standard InChI is InChI=1S/C13H24N2O/c1-11-9-14-8-7-13(16)15(10-11)12-5-3-2-4-6-12/h11-12,14H,2-10H2,1H3. The molecule has 3 heteroatoms. The molecule has 1 heterocycles. The van der Waals surface area contributed by atoms with Crippen molar-refractivity contribution in [2.45, 2.75) is 51.5 Å². The second kappa shape index (κ2) is 5.67. The van der Waals surface area contributed by atoms with Crippen molar-refractivity contribution in [3.63, 3.8) is 0 Å². The van der Waals surface area contributed by atoms with E-state index in [0.29, 0.717) is 24.3 Å². The van der Waals surface area contributed by atoms with Crippen LogP contribution in [-0.4, -0.2) is 36.5 Å². The molecule has 0 spiro atoms. The Morgan fingerprint density at radius 2 is 2.00 bits per heavy atom. The number of carbonyl (C=O) groups is 1. The summed E-state index contributed by atoms with van der Waals surface area (Å²) in [6, 6.07) is 0.543. The average Bonchev–Trinajstić information content (AvgIpc) is 2.30. The Bertz CT molecular complexity index is 236. The quantitative estimate of drug-likeness (QED) is 0.736. The highest BCUT2D eigenvalue weighted by Gasteiger charge is 2.27. The fourth-order valence-electron chi connectivity index (χ4n) is 2.93. The molecule has 1 saturated heterocycles. The highest BCUT2D eigenvalue weighted by atomic mass is 16.2. The van der Waals surface area contributed by atoms with E-state index in [-0.39, 0.29) is 0 Å². The van der Waals surface area contributed by atoms with Gasteiger partial charge >= 0.3 is 0 Å². The molecule has 2 aliphatic rings. The lowest BCUT2D eigenvalue weighted by molar-refractivity contribution is -0.135. The van der Waals surface area contributed by atoms with Crippen molar-refractivity contribution in [2.75, 3.05) is 19.6 Å². The SMILES string of the molecule is CC1CNCCC(=O)N(C2CCCCC2)C1. The van der Waals surface area contributed by atoms with Crippen LogP contribution in [0.3, 0.4) is 0 Å². The second-order valence-corrected chi connectivity index (χ2v) is 5.40. The minimum atomic E-state index is 0.367. The Kier molecular flexibility index (Phi) is 4.22. The van der Waals surface area contributed by atoms with Crippen LogP contribution in [0.2, 0.25) is 0 Å². The summed E-state index contributed by atoms with van der Waals surface area (Å²) in [5.74, 6) is 0.956. The molecule has 2 fully saturated rings. The molecule has 1 unspecified atom stereocenters. The van der Waals surface area contributed by atoms with Crippen LogP contribution in [0.25, 0.3) is 0 Å². The summed E-state index contributed by atoms with van der Waals surface area (Å²) < 4.78 is 0. The molecule has 1 N–H and O–H groups in total. The molecular formula is C13H24N2O. The highest BCUT2D eigenvalue weighted by molar-refractivity contribution is 5.76. The zero-order valence-electron chi connectivity index (χ0n) is 10.4. The maximum absolute atomic E-state index is 12.1. The van der Waals surface area contributed by atoms with Gasteiger partial charge in [0.1, 0.15) is 0 Å². The third kappa shape index (κ3) is 2.97. The summed E-state index contributed by atoms with van der Waals surface area (Å²) in [4.78, 5) is 14.3. The van der Waals surface area contributed by atoms with Gasteiger partial charge in [0, 0.05) is 25.6 Å². The van der Waals surface area contributed by atoms with E-state index < -0.39 is 0 Å². The van der Waals surface area contributed by atoms with Crippen LogP contribution in [0.1, 0.15) is 45.4 Å². The zero-order chi connectivity index (χ0) is 11.4. The molecule has 3 nitrogen and oxygen atoms in total. The van der Waals surface area contributed by atoms with Gasteiger partial charge in [0.15, 0.2) is 0 Å². The monoisotopic (exact) mass is 224 g/mol. The van der Waals surface area contributed by atoms with Gasteiger partial charge in [0.25, 0.3) is 0 Å². The first kappa shape index (κ1) is 11.9. The Morgan fingerprint density at radius 1 is 1.25 bits per heavy atom. The minimum Gasteiger partial charge on any atom is -0.339 e. The molecule has 0 aromatic heterocycles. The number of carbonyl (C=O) groups excluding carboxylic acids is 1. The van der Waals surface area contributed by atoms with Gasteiger partial charge < -0.3 is 10.2 Å². The smallest absolute Gasteiger partial charge is 0.224 e. The summed E-state index contributed by atoms with van der Waals surface area (Å²) >= 11 is 0. The van der Waals surface area contributed by atoms with Gasteiger partial charge in [0.2, 0.25) is 5.91 Å². The fraction of sp³-hybridized carbons (Fsp3) is 0.923. The first-order valence-corrected chi connectivity index (χ1v) is 6.77. The zero-order valence-corrected chi connectivity index (χ0v) is 10.4. The molecule has 0 aromatic carbocycles. The molecule has 92 valence electrons. The fourth-order valence-corrected chi connectivity index (χ4v) is 2.93. The summed E-state index contributed by atoms with van der Waals surface area (Å²) in [6.07, 6.45) is 7.11. The van der Waals surface area contributed by atoms with Crippen LogP contribution in [0.4, 0.5) is 0 Å². The van der Waals surface area contributed by atoms with Gasteiger partial charge in [-0.05, 0) is 25.3 Å². The Morgan fingerprint density at radius 3 is 2.75 bits per heavy atom. The minimum absolute atomic E-state index is 0.367. The summed E-state index contributed by atoms with van der Waals surface area (Å²) in [7, 11) is 0. The predicted molar refractivity (Wildman–Crippen MR) is 65.2 cm³/mol. The van der Waals surface area contributed by atoms with E-state index in [1.807, 2.05) is 0 Å². The van der Waals surface area contributed by atoms with E-state index in [4.69, 9.17) is 0 Å². The predicted octanol–water partition coefficient (Wildman–Crippen LogP) is 1.78. The van der Waals surface area contributed by atoms with Crippen LogP contribution < -0.4 is 5.32 Å². The molecule has 0 radical (unpaired) electrons. The molecule has 0 aromatic rings. The lowest BCUT2D eigenvalue weighted by Crippen LogP contribution is -2.48. The average molecular weight is 224 g/mol. The van der Waals surface area contributed by atoms with E-state index in [1.54, 1.807) is 0 Å². The topological polar surface area (TPSA) is 32.3 Å². The second-order valence-electron chi connectivity index (χ2n) is 5.40. The summed E-state index contributed by atoms with van der Waals surface area (Å²) in [5.41, 5.74) is 0. The Labute approximate surface area is 98.6 Å². The van der Waals surface area contributed by atoms with Crippen LogP contribution in [-0.2, 0) is 4.79 Å². The molecule has 1 atom stereocenters. The van der Waals surface area contributed by atoms with E-state index >= 15 is 0 Å². The molecule has 16 heavy (non-hydrogen) atoms. The number of nitrogens with zero attached hydrogens (tertiary/aromatic N) is 1. The van der Waals surface area contributed by atoms with Crippen LogP contribution in [0.5, 0.6) is 0 Å². The lowest BCUT2D eigenvalue weighted by atomic mass is 9.93. The number of rotatable bonds is 1. The number of nitrogens with one attached hydrogen (secondary N) is 1. The van der Waals surface area contributed by atoms with Gasteiger partial charge in [0.05, 0.1) is 0 Å². The molecule has 1 saturated carbocycles. The van der Waals surface area contributed by atoms with E-state index in [1.165, 1.54) is 32.1 Å². The number of amides is 1. The van der Waals surface area contributed by atoms with Gasteiger partial charge in [-0.1, -0.05) is 26.2 Å². The van der Waals surface area contributed by atoms with Crippen molar-refractivity contribution < 1.29 is 4.79 Å². The van der Waals surface area contributed by atoms with Crippen molar-refractivity contribution in [3.05, 3.63) is 0 Å². The van der Waals surface area contributed by atoms with Gasteiger partial charge in [-0.3, -0.25) is 4.79 Å². The van der Waals surface area contributed by atoms with Gasteiger partial charge in [-0.25, -0.2) is 0 Å². The third-order valence-corrected chi connectivity index (χ3v) is 3.85. The van der Waals surface area contributed by atoms with Crippen LogP contribution in [0, 0.1) is 5.92 Å². The first-order chi connectivity index (χ1) is 7.77. The van der Waals surface area contributed by atoms with E-state index in [2.05, 4.69) is 17.1 Å². The maximum atomic E-state index is 12.1. The normalized spacial score (nSPS) is 29.9. The van der Waals surface area contributed by atoms with Crippen molar-refractivity contribution in [1.29, 1.82) is 0 Å². The van der Waals surface area contributed by atoms with Crippen molar-refractivity contribution >= 4 is 5.91 Å². The van der Waals surface area contributed by atoms with Crippen LogP contribution >= 0.6 is 0 Å². The van der Waals surface area contributed by atoms with E-state index in [0.717, 1.165) is 19.6 Å². The van der Waals surface area contributed by atoms with Crippen molar-refractivity contribution in [3.8, 4) is 0 Å². The molecule has 1 aliphatic heterocycles. The molecule has 1 aliphatic carbocycles. The molecular weight excluding hydrogens is 200 g/mol.